The first-order valence-electron chi connectivity index (χ1n) is 11.3. The third kappa shape index (κ3) is 6.05. The third-order valence-corrected chi connectivity index (χ3v) is 5.61. The highest BCUT2D eigenvalue weighted by atomic mass is 16.2. The van der Waals surface area contributed by atoms with Crippen molar-refractivity contribution >= 4 is 11.6 Å². The molecule has 4 rings (SSSR count). The van der Waals surface area contributed by atoms with Gasteiger partial charge in [0.05, 0.1) is 11.8 Å². The third-order valence-electron chi connectivity index (χ3n) is 5.61. The summed E-state index contributed by atoms with van der Waals surface area (Å²) in [6.45, 7) is 2.01. The Morgan fingerprint density at radius 2 is 1.15 bits per heavy atom. The van der Waals surface area contributed by atoms with Crippen LogP contribution < -0.4 is 5.32 Å². The van der Waals surface area contributed by atoms with Crippen molar-refractivity contribution in [2.45, 2.75) is 25.4 Å². The minimum absolute atomic E-state index is 0.0837. The van der Waals surface area contributed by atoms with Crippen molar-refractivity contribution in [3.05, 3.63) is 144 Å². The maximum absolute atomic E-state index is 13.5. The highest BCUT2D eigenvalue weighted by molar-refractivity contribution is 6.13. The standard InChI is InChI=1S/C30H28N2O/c1-23(25-16-8-3-9-17-25)31-30(33)28(22-24-14-6-2-7-15-24)32-29(26-18-10-4-11-19-26)27-20-12-5-13-21-27/h2-21,23,28H,22H2,1H3,(H,31,33)/t23-,28+/m0/s1. The summed E-state index contributed by atoms with van der Waals surface area (Å²) in [6, 6.07) is 39.5. The lowest BCUT2D eigenvalue weighted by Crippen LogP contribution is -2.37. The van der Waals surface area contributed by atoms with E-state index < -0.39 is 6.04 Å². The maximum atomic E-state index is 13.5. The molecule has 3 heteroatoms. The lowest BCUT2D eigenvalue weighted by molar-refractivity contribution is -0.122. The number of amides is 1. The van der Waals surface area contributed by atoms with E-state index in [1.54, 1.807) is 0 Å². The summed E-state index contributed by atoms with van der Waals surface area (Å²) in [6.07, 6.45) is 0.525. The molecule has 1 amide bonds. The van der Waals surface area contributed by atoms with Crippen molar-refractivity contribution in [3.63, 3.8) is 0 Å². The number of carbonyl (C=O) groups excluding carboxylic acids is 1. The summed E-state index contributed by atoms with van der Waals surface area (Å²) in [4.78, 5) is 18.6. The lowest BCUT2D eigenvalue weighted by atomic mass is 10.00. The van der Waals surface area contributed by atoms with Crippen LogP contribution in [-0.4, -0.2) is 17.7 Å². The second-order valence-corrected chi connectivity index (χ2v) is 8.06. The van der Waals surface area contributed by atoms with Crippen LogP contribution in [0.3, 0.4) is 0 Å². The molecule has 1 N–H and O–H groups in total. The van der Waals surface area contributed by atoms with E-state index in [0.29, 0.717) is 6.42 Å². The minimum Gasteiger partial charge on any atom is -0.348 e. The molecular formula is C30H28N2O. The molecule has 0 aliphatic rings. The normalized spacial score (nSPS) is 12.4. The highest BCUT2D eigenvalue weighted by Crippen LogP contribution is 2.17. The van der Waals surface area contributed by atoms with Crippen LogP contribution in [0.15, 0.2) is 126 Å². The van der Waals surface area contributed by atoms with Crippen molar-refractivity contribution in [2.24, 2.45) is 4.99 Å². The van der Waals surface area contributed by atoms with Crippen LogP contribution in [0.5, 0.6) is 0 Å². The number of aliphatic imine (C=N–C) groups is 1. The summed E-state index contributed by atoms with van der Waals surface area (Å²) in [5.41, 5.74) is 4.95. The van der Waals surface area contributed by atoms with Gasteiger partial charge in [-0.1, -0.05) is 121 Å². The monoisotopic (exact) mass is 432 g/mol. The molecule has 0 radical (unpaired) electrons. The largest absolute Gasteiger partial charge is 0.348 e. The topological polar surface area (TPSA) is 41.5 Å². The predicted molar refractivity (Wildman–Crippen MR) is 135 cm³/mol. The Morgan fingerprint density at radius 3 is 1.67 bits per heavy atom. The second kappa shape index (κ2) is 11.1. The highest BCUT2D eigenvalue weighted by Gasteiger charge is 2.22. The van der Waals surface area contributed by atoms with Crippen LogP contribution in [-0.2, 0) is 11.2 Å². The molecule has 0 fully saturated rings. The Morgan fingerprint density at radius 1 is 0.697 bits per heavy atom. The van der Waals surface area contributed by atoms with Gasteiger partial charge in [-0.25, -0.2) is 0 Å². The van der Waals surface area contributed by atoms with Gasteiger partial charge in [0.15, 0.2) is 0 Å². The number of benzene rings is 4. The maximum Gasteiger partial charge on any atom is 0.245 e. The minimum atomic E-state index is -0.561. The fourth-order valence-electron chi connectivity index (χ4n) is 3.83. The van der Waals surface area contributed by atoms with E-state index in [1.807, 2.05) is 128 Å². The number of nitrogens with zero attached hydrogens (tertiary/aromatic N) is 1. The average Bonchev–Trinajstić information content (AvgIpc) is 2.88. The Balaban J connectivity index is 1.70. The molecule has 2 atom stereocenters. The molecule has 33 heavy (non-hydrogen) atoms. The average molecular weight is 433 g/mol. The molecule has 0 bridgehead atoms. The van der Waals surface area contributed by atoms with Gasteiger partial charge in [-0.3, -0.25) is 9.79 Å². The molecular weight excluding hydrogens is 404 g/mol. The van der Waals surface area contributed by atoms with Crippen molar-refractivity contribution in [1.29, 1.82) is 0 Å². The summed E-state index contributed by atoms with van der Waals surface area (Å²) in [5, 5.41) is 3.18. The molecule has 0 unspecified atom stereocenters. The van der Waals surface area contributed by atoms with Gasteiger partial charge < -0.3 is 5.32 Å². The van der Waals surface area contributed by atoms with Crippen LogP contribution in [0.25, 0.3) is 0 Å². The zero-order valence-electron chi connectivity index (χ0n) is 18.8. The predicted octanol–water partition coefficient (Wildman–Crippen LogP) is 6.01. The number of nitrogens with one attached hydrogen (secondary N) is 1. The van der Waals surface area contributed by atoms with Gasteiger partial charge in [0.25, 0.3) is 0 Å². The molecule has 0 spiro atoms. The summed E-state index contributed by atoms with van der Waals surface area (Å²) in [7, 11) is 0. The van der Waals surface area contributed by atoms with Gasteiger partial charge in [-0.15, -0.1) is 0 Å². The SMILES string of the molecule is C[C@H](NC(=O)[C@@H](Cc1ccccc1)N=C(c1ccccc1)c1ccccc1)c1ccccc1. The molecule has 4 aromatic rings. The fourth-order valence-corrected chi connectivity index (χ4v) is 3.83. The molecule has 164 valence electrons. The first kappa shape index (κ1) is 22.2. The summed E-state index contributed by atoms with van der Waals surface area (Å²) < 4.78 is 0. The van der Waals surface area contributed by atoms with Gasteiger partial charge in [0, 0.05) is 17.5 Å². The summed E-state index contributed by atoms with van der Waals surface area (Å²) in [5.74, 6) is -0.0837. The van der Waals surface area contributed by atoms with E-state index in [9.17, 15) is 4.79 Å². The molecule has 3 nitrogen and oxygen atoms in total. The Kier molecular flexibility index (Phi) is 7.44. The van der Waals surface area contributed by atoms with Crippen molar-refractivity contribution in [1.82, 2.24) is 5.32 Å². The van der Waals surface area contributed by atoms with Crippen LogP contribution >= 0.6 is 0 Å². The fraction of sp³-hybridized carbons (Fsp3) is 0.133. The van der Waals surface area contributed by atoms with E-state index in [4.69, 9.17) is 4.99 Å². The van der Waals surface area contributed by atoms with E-state index in [0.717, 1.165) is 28.0 Å². The van der Waals surface area contributed by atoms with Gasteiger partial charge in [0.1, 0.15) is 6.04 Å². The molecule has 0 heterocycles. The number of hydrogen-bond donors (Lipinski definition) is 1. The van der Waals surface area contributed by atoms with Crippen molar-refractivity contribution < 1.29 is 4.79 Å². The molecule has 0 aromatic heterocycles. The van der Waals surface area contributed by atoms with Crippen molar-refractivity contribution in [3.8, 4) is 0 Å². The Bertz CT molecular complexity index is 1130. The van der Waals surface area contributed by atoms with Gasteiger partial charge in [0.2, 0.25) is 5.91 Å². The molecule has 0 saturated carbocycles. The smallest absolute Gasteiger partial charge is 0.245 e. The summed E-state index contributed by atoms with van der Waals surface area (Å²) >= 11 is 0. The van der Waals surface area contributed by atoms with Gasteiger partial charge in [-0.2, -0.15) is 0 Å². The number of hydrogen-bond acceptors (Lipinski definition) is 2. The Labute approximate surface area is 195 Å². The van der Waals surface area contributed by atoms with Gasteiger partial charge in [-0.05, 0) is 18.1 Å². The van der Waals surface area contributed by atoms with Crippen LogP contribution in [0, 0.1) is 0 Å². The van der Waals surface area contributed by atoms with E-state index in [1.165, 1.54) is 0 Å². The van der Waals surface area contributed by atoms with E-state index >= 15 is 0 Å². The molecule has 4 aromatic carbocycles. The number of rotatable bonds is 8. The Hall–Kier alpha value is -3.98. The van der Waals surface area contributed by atoms with Crippen molar-refractivity contribution in [2.75, 3.05) is 0 Å². The zero-order chi connectivity index (χ0) is 22.9. The molecule has 0 saturated heterocycles. The zero-order valence-corrected chi connectivity index (χ0v) is 18.8. The first-order valence-corrected chi connectivity index (χ1v) is 11.3. The second-order valence-electron chi connectivity index (χ2n) is 8.06. The lowest BCUT2D eigenvalue weighted by Gasteiger charge is -2.20. The van der Waals surface area contributed by atoms with E-state index in [-0.39, 0.29) is 11.9 Å². The van der Waals surface area contributed by atoms with Crippen LogP contribution in [0.1, 0.15) is 35.2 Å². The van der Waals surface area contributed by atoms with E-state index in [2.05, 4.69) is 5.32 Å². The molecule has 0 aliphatic heterocycles. The first-order chi connectivity index (χ1) is 16.2. The van der Waals surface area contributed by atoms with Crippen LogP contribution in [0.4, 0.5) is 0 Å². The quantitative estimate of drug-likeness (QED) is 0.340. The van der Waals surface area contributed by atoms with Crippen LogP contribution in [0.2, 0.25) is 0 Å². The van der Waals surface area contributed by atoms with Gasteiger partial charge >= 0.3 is 0 Å². The number of carbonyl (C=O) groups is 1. The molecule has 0 aliphatic carbocycles.